The van der Waals surface area contributed by atoms with E-state index < -0.39 is 6.03 Å². The van der Waals surface area contributed by atoms with Crippen molar-refractivity contribution in [3.05, 3.63) is 53.6 Å². The van der Waals surface area contributed by atoms with Gasteiger partial charge in [0.2, 0.25) is 0 Å². The maximum atomic E-state index is 11.7. The standard InChI is InChI=1S/C17H19N3O3/c1-12-9-15(22-2)16(23-3)10-13(12)11-18-20-17(21)19-14-7-5-4-6-8-14/h4-11H,1-3H3,(H2,19,20,21)/b18-11+. The van der Waals surface area contributed by atoms with Gasteiger partial charge in [0.05, 0.1) is 20.4 Å². The summed E-state index contributed by atoms with van der Waals surface area (Å²) >= 11 is 0. The summed E-state index contributed by atoms with van der Waals surface area (Å²) in [6, 6.07) is 12.4. The highest BCUT2D eigenvalue weighted by molar-refractivity contribution is 5.90. The van der Waals surface area contributed by atoms with Crippen LogP contribution in [0, 0.1) is 6.92 Å². The molecule has 0 heterocycles. The predicted octanol–water partition coefficient (Wildman–Crippen LogP) is 3.17. The van der Waals surface area contributed by atoms with Crippen LogP contribution in [0.1, 0.15) is 11.1 Å². The van der Waals surface area contributed by atoms with Crippen molar-refractivity contribution in [1.82, 2.24) is 5.43 Å². The number of hydrogen-bond donors (Lipinski definition) is 2. The van der Waals surface area contributed by atoms with Crippen LogP contribution in [0.2, 0.25) is 0 Å². The van der Waals surface area contributed by atoms with Gasteiger partial charge in [0, 0.05) is 11.3 Å². The minimum absolute atomic E-state index is 0.412. The number of nitrogens with one attached hydrogen (secondary N) is 2. The van der Waals surface area contributed by atoms with Gasteiger partial charge in [-0.15, -0.1) is 0 Å². The van der Waals surface area contributed by atoms with E-state index in [1.54, 1.807) is 38.6 Å². The SMILES string of the molecule is COc1cc(C)c(/C=N/NC(=O)Nc2ccccc2)cc1OC. The quantitative estimate of drug-likeness (QED) is 0.658. The van der Waals surface area contributed by atoms with Crippen LogP contribution in [0.25, 0.3) is 0 Å². The summed E-state index contributed by atoms with van der Waals surface area (Å²) in [6.45, 7) is 1.92. The van der Waals surface area contributed by atoms with Crippen molar-refractivity contribution in [2.45, 2.75) is 6.92 Å². The molecule has 6 heteroatoms. The van der Waals surface area contributed by atoms with Gasteiger partial charge < -0.3 is 14.8 Å². The number of benzene rings is 2. The Morgan fingerprint density at radius 2 is 1.74 bits per heavy atom. The molecule has 0 radical (unpaired) electrons. The van der Waals surface area contributed by atoms with Crippen LogP contribution >= 0.6 is 0 Å². The van der Waals surface area contributed by atoms with Crippen molar-refractivity contribution < 1.29 is 14.3 Å². The largest absolute Gasteiger partial charge is 0.493 e. The second-order valence-electron chi connectivity index (χ2n) is 4.75. The normalized spacial score (nSPS) is 10.4. The second kappa shape index (κ2) is 7.84. The smallest absolute Gasteiger partial charge is 0.339 e. The lowest BCUT2D eigenvalue weighted by atomic mass is 10.1. The number of ether oxygens (including phenoxy) is 2. The van der Waals surface area contributed by atoms with Gasteiger partial charge in [-0.3, -0.25) is 0 Å². The number of rotatable bonds is 5. The average molecular weight is 313 g/mol. The molecule has 0 atom stereocenters. The first-order valence-electron chi connectivity index (χ1n) is 7.01. The highest BCUT2D eigenvalue weighted by Gasteiger charge is 2.07. The van der Waals surface area contributed by atoms with E-state index in [1.807, 2.05) is 31.2 Å². The molecule has 2 aromatic rings. The maximum absolute atomic E-state index is 11.7. The first-order valence-corrected chi connectivity index (χ1v) is 7.01. The fourth-order valence-corrected chi connectivity index (χ4v) is 1.98. The molecule has 0 spiro atoms. The zero-order valence-corrected chi connectivity index (χ0v) is 13.3. The van der Waals surface area contributed by atoms with Crippen LogP contribution in [0.4, 0.5) is 10.5 Å². The number of para-hydroxylation sites is 1. The number of aryl methyl sites for hydroxylation is 1. The highest BCUT2D eigenvalue weighted by Crippen LogP contribution is 2.29. The fraction of sp³-hybridized carbons (Fsp3) is 0.176. The number of methoxy groups -OCH3 is 2. The molecule has 0 aromatic heterocycles. The first-order chi connectivity index (χ1) is 11.1. The van der Waals surface area contributed by atoms with Crippen LogP contribution in [0.15, 0.2) is 47.6 Å². The number of carbonyl (C=O) groups is 1. The lowest BCUT2D eigenvalue weighted by Gasteiger charge is -2.10. The van der Waals surface area contributed by atoms with Gasteiger partial charge >= 0.3 is 6.03 Å². The summed E-state index contributed by atoms with van der Waals surface area (Å²) in [4.78, 5) is 11.7. The fourth-order valence-electron chi connectivity index (χ4n) is 1.98. The summed E-state index contributed by atoms with van der Waals surface area (Å²) in [6.07, 6.45) is 1.56. The Hall–Kier alpha value is -3.02. The van der Waals surface area contributed by atoms with E-state index >= 15 is 0 Å². The van der Waals surface area contributed by atoms with Gasteiger partial charge in [-0.1, -0.05) is 18.2 Å². The van der Waals surface area contributed by atoms with Crippen molar-refractivity contribution in [3.63, 3.8) is 0 Å². The Labute approximate surface area is 135 Å². The molecule has 2 N–H and O–H groups in total. The summed E-state index contributed by atoms with van der Waals surface area (Å²) < 4.78 is 10.5. The Bertz CT molecular complexity index is 700. The Morgan fingerprint density at radius 1 is 1.09 bits per heavy atom. The van der Waals surface area contributed by atoms with Crippen molar-refractivity contribution in [2.24, 2.45) is 5.10 Å². The third-order valence-electron chi connectivity index (χ3n) is 3.17. The van der Waals surface area contributed by atoms with E-state index in [2.05, 4.69) is 15.8 Å². The molecule has 0 saturated carbocycles. The van der Waals surface area contributed by atoms with E-state index in [1.165, 1.54) is 0 Å². The van der Waals surface area contributed by atoms with Gasteiger partial charge in [-0.25, -0.2) is 10.2 Å². The molecule has 0 unspecified atom stereocenters. The Balaban J connectivity index is 2.01. The van der Waals surface area contributed by atoms with Gasteiger partial charge in [-0.05, 0) is 36.8 Å². The number of hydrogen-bond acceptors (Lipinski definition) is 4. The molecule has 2 rings (SSSR count). The van der Waals surface area contributed by atoms with Gasteiger partial charge in [0.15, 0.2) is 11.5 Å². The zero-order valence-electron chi connectivity index (χ0n) is 13.3. The highest BCUT2D eigenvalue weighted by atomic mass is 16.5. The average Bonchev–Trinajstić information content (AvgIpc) is 2.56. The van der Waals surface area contributed by atoms with Crippen LogP contribution in [-0.2, 0) is 0 Å². The predicted molar refractivity (Wildman–Crippen MR) is 90.5 cm³/mol. The van der Waals surface area contributed by atoms with Crippen LogP contribution in [-0.4, -0.2) is 26.5 Å². The van der Waals surface area contributed by atoms with Crippen molar-refractivity contribution in [1.29, 1.82) is 0 Å². The van der Waals surface area contributed by atoms with Crippen molar-refractivity contribution in [2.75, 3.05) is 19.5 Å². The molecule has 0 aliphatic carbocycles. The molecule has 6 nitrogen and oxygen atoms in total. The molecule has 2 aromatic carbocycles. The minimum Gasteiger partial charge on any atom is -0.493 e. The summed E-state index contributed by atoms with van der Waals surface area (Å²) in [5.41, 5.74) is 4.89. The molecule has 0 saturated heterocycles. The van der Waals surface area contributed by atoms with Crippen LogP contribution < -0.4 is 20.2 Å². The summed E-state index contributed by atoms with van der Waals surface area (Å²) in [7, 11) is 3.15. The Morgan fingerprint density at radius 3 is 2.39 bits per heavy atom. The van der Waals surface area contributed by atoms with Crippen LogP contribution in [0.3, 0.4) is 0 Å². The number of amides is 2. The maximum Gasteiger partial charge on any atom is 0.339 e. The van der Waals surface area contributed by atoms with E-state index in [4.69, 9.17) is 9.47 Å². The molecule has 0 bridgehead atoms. The molecule has 0 aliphatic heterocycles. The topological polar surface area (TPSA) is 72.0 Å². The van der Waals surface area contributed by atoms with E-state index in [-0.39, 0.29) is 0 Å². The van der Waals surface area contributed by atoms with Gasteiger partial charge in [-0.2, -0.15) is 5.10 Å². The number of anilines is 1. The molecule has 2 amide bonds. The molecular formula is C17H19N3O3. The lowest BCUT2D eigenvalue weighted by molar-refractivity contribution is 0.252. The monoisotopic (exact) mass is 313 g/mol. The molecule has 23 heavy (non-hydrogen) atoms. The van der Waals surface area contributed by atoms with E-state index in [0.29, 0.717) is 17.2 Å². The van der Waals surface area contributed by atoms with E-state index in [9.17, 15) is 4.79 Å². The number of nitrogens with zero attached hydrogens (tertiary/aromatic N) is 1. The molecule has 0 fully saturated rings. The third-order valence-corrected chi connectivity index (χ3v) is 3.17. The number of carbonyl (C=O) groups excluding carboxylic acids is 1. The molecule has 120 valence electrons. The summed E-state index contributed by atoms with van der Waals surface area (Å²) in [5.74, 6) is 1.25. The number of urea groups is 1. The van der Waals surface area contributed by atoms with Crippen molar-refractivity contribution >= 4 is 17.9 Å². The summed E-state index contributed by atoms with van der Waals surface area (Å²) in [5, 5.41) is 6.62. The van der Waals surface area contributed by atoms with Gasteiger partial charge in [0.1, 0.15) is 0 Å². The zero-order chi connectivity index (χ0) is 16.7. The Kier molecular flexibility index (Phi) is 5.57. The van der Waals surface area contributed by atoms with Gasteiger partial charge in [0.25, 0.3) is 0 Å². The third kappa shape index (κ3) is 4.47. The first kappa shape index (κ1) is 16.4. The van der Waals surface area contributed by atoms with E-state index in [0.717, 1.165) is 11.1 Å². The number of hydrazone groups is 1. The minimum atomic E-state index is -0.412. The molecular weight excluding hydrogens is 294 g/mol. The second-order valence-corrected chi connectivity index (χ2v) is 4.75. The lowest BCUT2D eigenvalue weighted by Crippen LogP contribution is -2.24. The van der Waals surface area contributed by atoms with Crippen molar-refractivity contribution in [3.8, 4) is 11.5 Å². The van der Waals surface area contributed by atoms with Crippen LogP contribution in [0.5, 0.6) is 11.5 Å². The molecule has 0 aliphatic rings.